The van der Waals surface area contributed by atoms with Gasteiger partial charge in [-0.25, -0.2) is 0 Å². The zero-order chi connectivity index (χ0) is 15.5. The van der Waals surface area contributed by atoms with Gasteiger partial charge in [-0.15, -0.1) is 12.4 Å². The fraction of sp³-hybridized carbons (Fsp3) is 0.611. The summed E-state index contributed by atoms with van der Waals surface area (Å²) in [5.74, 6) is 0.680. The molecule has 0 aromatic heterocycles. The van der Waals surface area contributed by atoms with E-state index in [2.05, 4.69) is 43.4 Å². The Morgan fingerprint density at radius 3 is 2.52 bits per heavy atom. The molecule has 0 radical (unpaired) electrons. The van der Waals surface area contributed by atoms with Gasteiger partial charge in [0.25, 0.3) is 5.91 Å². The molecule has 1 heterocycles. The molecule has 2 aliphatic rings. The Morgan fingerprint density at radius 1 is 1.30 bits per heavy atom. The number of carbonyl (C=O) groups is 1. The average Bonchev–Trinajstić information content (AvgIpc) is 3.38. The Kier molecular flexibility index (Phi) is 6.45. The monoisotopic (exact) mass is 338 g/mol. The Bertz CT molecular complexity index is 508. The molecule has 1 aromatic rings. The quantitative estimate of drug-likeness (QED) is 0.897. The van der Waals surface area contributed by atoms with E-state index in [1.54, 1.807) is 0 Å². The van der Waals surface area contributed by atoms with Gasteiger partial charge in [-0.05, 0) is 29.9 Å². The van der Waals surface area contributed by atoms with Crippen LogP contribution in [0, 0.1) is 0 Å². The lowest BCUT2D eigenvalue weighted by Gasteiger charge is -2.30. The molecule has 1 amide bonds. The van der Waals surface area contributed by atoms with Crippen molar-refractivity contribution < 1.29 is 9.53 Å². The minimum Gasteiger partial charge on any atom is -0.366 e. The molecule has 1 aromatic carbocycles. The van der Waals surface area contributed by atoms with Gasteiger partial charge in [-0.1, -0.05) is 38.1 Å². The number of carbonyl (C=O) groups excluding carboxylic acids is 1. The van der Waals surface area contributed by atoms with Crippen LogP contribution < -0.4 is 5.32 Å². The van der Waals surface area contributed by atoms with Crippen molar-refractivity contribution in [1.29, 1.82) is 0 Å². The Hall–Kier alpha value is -1.10. The van der Waals surface area contributed by atoms with Crippen LogP contribution in [0.1, 0.15) is 43.7 Å². The second-order valence-corrected chi connectivity index (χ2v) is 6.66. The first kappa shape index (κ1) is 18.2. The number of benzene rings is 1. The first-order valence-corrected chi connectivity index (χ1v) is 8.37. The highest BCUT2D eigenvalue weighted by atomic mass is 35.5. The van der Waals surface area contributed by atoms with Crippen molar-refractivity contribution >= 4 is 18.3 Å². The summed E-state index contributed by atoms with van der Waals surface area (Å²) in [7, 11) is 0. The van der Waals surface area contributed by atoms with E-state index in [4.69, 9.17) is 4.74 Å². The molecule has 1 atom stereocenters. The van der Waals surface area contributed by atoms with Crippen LogP contribution in [0.15, 0.2) is 24.3 Å². The van der Waals surface area contributed by atoms with Crippen molar-refractivity contribution in [2.24, 2.45) is 0 Å². The first-order valence-electron chi connectivity index (χ1n) is 8.37. The molecule has 1 N–H and O–H groups in total. The fourth-order valence-corrected chi connectivity index (χ4v) is 2.89. The van der Waals surface area contributed by atoms with E-state index in [1.807, 2.05) is 4.90 Å². The van der Waals surface area contributed by atoms with Crippen LogP contribution >= 0.6 is 12.4 Å². The second kappa shape index (κ2) is 8.13. The van der Waals surface area contributed by atoms with E-state index in [9.17, 15) is 4.79 Å². The van der Waals surface area contributed by atoms with Gasteiger partial charge in [0.1, 0.15) is 6.10 Å². The predicted octanol–water partition coefficient (Wildman–Crippen LogP) is 2.71. The summed E-state index contributed by atoms with van der Waals surface area (Å²) >= 11 is 0. The highest BCUT2D eigenvalue weighted by molar-refractivity contribution is 5.85. The van der Waals surface area contributed by atoms with Gasteiger partial charge < -0.3 is 15.0 Å². The normalized spacial score (nSPS) is 20.9. The van der Waals surface area contributed by atoms with Crippen molar-refractivity contribution in [3.05, 3.63) is 35.4 Å². The summed E-state index contributed by atoms with van der Waals surface area (Å²) in [4.78, 5) is 14.7. The molecule has 2 fully saturated rings. The van der Waals surface area contributed by atoms with Gasteiger partial charge in [0, 0.05) is 25.7 Å². The third-order valence-electron chi connectivity index (χ3n) is 4.47. The first-order chi connectivity index (χ1) is 10.6. The van der Waals surface area contributed by atoms with Gasteiger partial charge in [-0.2, -0.15) is 0 Å². The van der Waals surface area contributed by atoms with Crippen LogP contribution in [-0.4, -0.2) is 42.6 Å². The van der Waals surface area contributed by atoms with Crippen molar-refractivity contribution in [3.63, 3.8) is 0 Å². The molecule has 5 heteroatoms. The van der Waals surface area contributed by atoms with E-state index in [1.165, 1.54) is 11.1 Å². The number of hydrogen-bond donors (Lipinski definition) is 1. The summed E-state index contributed by atoms with van der Waals surface area (Å²) in [5.41, 5.74) is 2.54. The molecule has 128 valence electrons. The summed E-state index contributed by atoms with van der Waals surface area (Å²) < 4.78 is 5.63. The molecule has 1 saturated carbocycles. The largest absolute Gasteiger partial charge is 0.366 e. The Morgan fingerprint density at radius 2 is 2.00 bits per heavy atom. The van der Waals surface area contributed by atoms with Gasteiger partial charge in [0.2, 0.25) is 0 Å². The number of morpholine rings is 1. The molecule has 0 bridgehead atoms. The lowest BCUT2D eigenvalue weighted by molar-refractivity contribution is -0.146. The van der Waals surface area contributed by atoms with Crippen molar-refractivity contribution in [2.45, 2.75) is 51.3 Å². The van der Waals surface area contributed by atoms with Gasteiger partial charge in [0.15, 0.2) is 0 Å². The van der Waals surface area contributed by atoms with E-state index in [0.29, 0.717) is 31.7 Å². The number of hydrogen-bond acceptors (Lipinski definition) is 3. The summed E-state index contributed by atoms with van der Waals surface area (Å²) in [5, 5.41) is 3.24. The lowest BCUT2D eigenvalue weighted by atomic mass is 10.0. The summed E-state index contributed by atoms with van der Waals surface area (Å²) in [6, 6.07) is 9.06. The summed E-state index contributed by atoms with van der Waals surface area (Å²) in [6.07, 6.45) is 1.93. The molecular weight excluding hydrogens is 312 g/mol. The molecule has 1 unspecified atom stereocenters. The zero-order valence-corrected chi connectivity index (χ0v) is 14.8. The highest BCUT2D eigenvalue weighted by Gasteiger charge is 2.36. The molecular formula is C18H27ClN2O2. The minimum atomic E-state index is -0.315. The third kappa shape index (κ3) is 4.69. The van der Waals surface area contributed by atoms with Crippen LogP contribution in [0.2, 0.25) is 0 Å². The molecule has 3 rings (SSSR count). The maximum Gasteiger partial charge on any atom is 0.253 e. The molecule has 1 aliphatic heterocycles. The van der Waals surface area contributed by atoms with Crippen LogP contribution in [0.3, 0.4) is 0 Å². The molecule has 23 heavy (non-hydrogen) atoms. The molecule has 1 aliphatic carbocycles. The maximum atomic E-state index is 12.7. The molecule has 1 saturated heterocycles. The Balaban J connectivity index is 0.00000192. The maximum absolute atomic E-state index is 12.7. The number of ether oxygens (including phenoxy) is 1. The minimum absolute atomic E-state index is 0. The van der Waals surface area contributed by atoms with Crippen LogP contribution in [0.25, 0.3) is 0 Å². The van der Waals surface area contributed by atoms with Gasteiger partial charge in [0.05, 0.1) is 6.61 Å². The third-order valence-corrected chi connectivity index (χ3v) is 4.47. The van der Waals surface area contributed by atoms with Crippen LogP contribution in [-0.2, 0) is 16.1 Å². The number of rotatable bonds is 5. The van der Waals surface area contributed by atoms with E-state index in [0.717, 1.165) is 19.4 Å². The topological polar surface area (TPSA) is 41.6 Å². The number of amides is 1. The number of nitrogens with zero attached hydrogens (tertiary/aromatic N) is 1. The number of halogens is 1. The van der Waals surface area contributed by atoms with Gasteiger partial charge >= 0.3 is 0 Å². The SMILES string of the molecule is CC(C)c1ccc(CN(C(=O)C2CNCCO2)C2CC2)cc1.Cl. The van der Waals surface area contributed by atoms with Crippen molar-refractivity contribution in [1.82, 2.24) is 10.2 Å². The highest BCUT2D eigenvalue weighted by Crippen LogP contribution is 2.29. The predicted molar refractivity (Wildman–Crippen MR) is 94.0 cm³/mol. The summed E-state index contributed by atoms with van der Waals surface area (Å²) in [6.45, 7) is 7.18. The zero-order valence-electron chi connectivity index (χ0n) is 14.0. The molecule has 0 spiro atoms. The lowest BCUT2D eigenvalue weighted by Crippen LogP contribution is -2.49. The van der Waals surface area contributed by atoms with E-state index >= 15 is 0 Å². The average molecular weight is 339 g/mol. The van der Waals surface area contributed by atoms with Crippen molar-refractivity contribution in [3.8, 4) is 0 Å². The Labute approximate surface area is 145 Å². The van der Waals surface area contributed by atoms with Crippen molar-refractivity contribution in [2.75, 3.05) is 19.7 Å². The second-order valence-electron chi connectivity index (χ2n) is 6.66. The smallest absolute Gasteiger partial charge is 0.253 e. The van der Waals surface area contributed by atoms with E-state index < -0.39 is 0 Å². The fourth-order valence-electron chi connectivity index (χ4n) is 2.89. The standard InChI is InChI=1S/C18H26N2O2.ClH/c1-13(2)15-5-3-14(4-6-15)12-20(16-7-8-16)18(21)17-11-19-9-10-22-17;/h3-6,13,16-17,19H,7-12H2,1-2H3;1H. The van der Waals surface area contributed by atoms with Crippen LogP contribution in [0.4, 0.5) is 0 Å². The number of nitrogens with one attached hydrogen (secondary N) is 1. The van der Waals surface area contributed by atoms with Gasteiger partial charge in [-0.3, -0.25) is 4.79 Å². The van der Waals surface area contributed by atoms with E-state index in [-0.39, 0.29) is 24.4 Å². The van der Waals surface area contributed by atoms with Crippen LogP contribution in [0.5, 0.6) is 0 Å². The molecule has 4 nitrogen and oxygen atoms in total.